The Bertz CT molecular complexity index is 1800. The number of rotatable bonds is 2. The number of aromatic nitrogens is 1. The van der Waals surface area contributed by atoms with E-state index in [-0.39, 0.29) is 0 Å². The molecule has 0 N–H and O–H groups in total. The fourth-order valence-corrected chi connectivity index (χ4v) is 6.19. The van der Waals surface area contributed by atoms with Crippen LogP contribution >= 0.6 is 11.3 Å². The maximum absolute atomic E-state index is 2.42. The zero-order valence-electron chi connectivity index (χ0n) is 18.2. The molecule has 7 aromatic rings. The molecule has 0 unspecified atom stereocenters. The van der Waals surface area contributed by atoms with Crippen LogP contribution in [0.25, 0.3) is 58.8 Å². The van der Waals surface area contributed by atoms with Crippen molar-refractivity contribution in [1.29, 1.82) is 0 Å². The number of aryl methyl sites for hydroxylation is 1. The van der Waals surface area contributed by atoms with E-state index in [9.17, 15) is 0 Å². The van der Waals surface area contributed by atoms with Gasteiger partial charge in [0.25, 0.3) is 0 Å². The van der Waals surface area contributed by atoms with Crippen LogP contribution in [0, 0.1) is 6.92 Å². The smallest absolute Gasteiger partial charge is 0.0548 e. The van der Waals surface area contributed by atoms with Crippen LogP contribution in [0.3, 0.4) is 0 Å². The van der Waals surface area contributed by atoms with Crippen molar-refractivity contribution < 1.29 is 0 Å². The molecule has 2 heteroatoms. The maximum Gasteiger partial charge on any atom is 0.0548 e. The monoisotopic (exact) mass is 439 g/mol. The third kappa shape index (κ3) is 2.84. The van der Waals surface area contributed by atoms with E-state index in [1.165, 1.54) is 64.4 Å². The highest BCUT2D eigenvalue weighted by Crippen LogP contribution is 2.40. The molecule has 5 aromatic carbocycles. The van der Waals surface area contributed by atoms with E-state index in [1.54, 1.807) is 0 Å². The van der Waals surface area contributed by atoms with Crippen LogP contribution in [-0.2, 0) is 0 Å². The topological polar surface area (TPSA) is 4.93 Å². The number of benzene rings is 5. The average molecular weight is 440 g/mol. The van der Waals surface area contributed by atoms with Gasteiger partial charge in [-0.05, 0) is 60.5 Å². The predicted octanol–water partition coefficient (Wildman–Crippen LogP) is 9.13. The summed E-state index contributed by atoms with van der Waals surface area (Å²) in [4.78, 5) is 0. The van der Waals surface area contributed by atoms with Gasteiger partial charge in [0.15, 0.2) is 0 Å². The van der Waals surface area contributed by atoms with Crippen molar-refractivity contribution in [1.82, 2.24) is 4.57 Å². The molecule has 0 aliphatic heterocycles. The van der Waals surface area contributed by atoms with Crippen LogP contribution in [0.2, 0.25) is 0 Å². The molecule has 156 valence electrons. The van der Waals surface area contributed by atoms with Crippen LogP contribution in [0.5, 0.6) is 0 Å². The first-order valence-electron chi connectivity index (χ1n) is 11.3. The van der Waals surface area contributed by atoms with E-state index in [4.69, 9.17) is 0 Å². The summed E-state index contributed by atoms with van der Waals surface area (Å²) < 4.78 is 5.12. The second kappa shape index (κ2) is 7.06. The lowest BCUT2D eigenvalue weighted by molar-refractivity contribution is 1.18. The van der Waals surface area contributed by atoms with Crippen LogP contribution in [-0.4, -0.2) is 4.57 Å². The minimum absolute atomic E-state index is 1.19. The number of nitrogens with zero attached hydrogens (tertiary/aromatic N) is 1. The van der Waals surface area contributed by atoms with Crippen molar-refractivity contribution in [3.63, 3.8) is 0 Å². The zero-order valence-corrected chi connectivity index (χ0v) is 19.1. The Labute approximate surface area is 196 Å². The second-order valence-corrected chi connectivity index (χ2v) is 9.82. The summed E-state index contributed by atoms with van der Waals surface area (Å²) in [5, 5.41) is 5.31. The first-order valence-corrected chi connectivity index (χ1v) is 12.1. The number of hydrogen-bond acceptors (Lipinski definition) is 1. The normalized spacial score (nSPS) is 11.8. The van der Waals surface area contributed by atoms with Gasteiger partial charge in [-0.25, -0.2) is 0 Å². The van der Waals surface area contributed by atoms with Gasteiger partial charge in [0.2, 0.25) is 0 Å². The number of hydrogen-bond donors (Lipinski definition) is 0. The molecule has 0 aliphatic rings. The standard InChI is InChI=1S/C31H21NS/c1-20-11-16-28-25(17-20)26-19-31-27(24-9-5-6-10-30(24)33-31)18-29(26)32(28)23-14-12-22(13-15-23)21-7-3-2-4-8-21/h2-19H,1H3. The Kier molecular flexibility index (Phi) is 3.99. The first kappa shape index (κ1) is 18.7. The molecule has 1 nitrogen and oxygen atoms in total. The Morgan fingerprint density at radius 1 is 0.515 bits per heavy atom. The van der Waals surface area contributed by atoms with Crippen LogP contribution < -0.4 is 0 Å². The lowest BCUT2D eigenvalue weighted by atomic mass is 10.1. The molecular weight excluding hydrogens is 418 g/mol. The summed E-state index contributed by atoms with van der Waals surface area (Å²) in [7, 11) is 0. The first-order chi connectivity index (χ1) is 16.3. The third-order valence-corrected chi connectivity index (χ3v) is 7.79. The predicted molar refractivity (Wildman–Crippen MR) is 144 cm³/mol. The van der Waals surface area contributed by atoms with Gasteiger partial charge in [-0.15, -0.1) is 11.3 Å². The largest absolute Gasteiger partial charge is 0.309 e. The fraction of sp³-hybridized carbons (Fsp3) is 0.0323. The molecule has 0 fully saturated rings. The molecule has 0 amide bonds. The summed E-state index contributed by atoms with van der Waals surface area (Å²) >= 11 is 1.88. The Hall–Kier alpha value is -3.88. The van der Waals surface area contributed by atoms with Crippen LogP contribution in [0.15, 0.2) is 109 Å². The van der Waals surface area contributed by atoms with Crippen molar-refractivity contribution in [2.75, 3.05) is 0 Å². The van der Waals surface area contributed by atoms with E-state index in [1.807, 2.05) is 11.3 Å². The number of thiophene rings is 1. The lowest BCUT2D eigenvalue weighted by Gasteiger charge is -2.10. The summed E-state index contributed by atoms with van der Waals surface area (Å²) in [5.74, 6) is 0. The Morgan fingerprint density at radius 3 is 2.09 bits per heavy atom. The van der Waals surface area contributed by atoms with Crippen molar-refractivity contribution in [3.05, 3.63) is 115 Å². The molecule has 0 saturated heterocycles. The quantitative estimate of drug-likeness (QED) is 0.253. The van der Waals surface area contributed by atoms with Crippen LogP contribution in [0.4, 0.5) is 0 Å². The van der Waals surface area contributed by atoms with Crippen LogP contribution in [0.1, 0.15) is 5.56 Å². The number of fused-ring (bicyclic) bond motifs is 6. The van der Waals surface area contributed by atoms with E-state index >= 15 is 0 Å². The SMILES string of the molecule is Cc1ccc2c(c1)c1cc3sc4ccccc4c3cc1n2-c1ccc(-c2ccccc2)cc1. The molecule has 33 heavy (non-hydrogen) atoms. The van der Waals surface area contributed by atoms with E-state index < -0.39 is 0 Å². The summed E-state index contributed by atoms with van der Waals surface area (Å²) in [6.45, 7) is 2.18. The molecule has 0 atom stereocenters. The van der Waals surface area contributed by atoms with E-state index in [0.29, 0.717) is 0 Å². The van der Waals surface area contributed by atoms with Gasteiger partial charge in [0.1, 0.15) is 0 Å². The summed E-state index contributed by atoms with van der Waals surface area (Å²) in [6.07, 6.45) is 0. The molecular formula is C31H21NS. The average Bonchev–Trinajstić information content (AvgIpc) is 3.38. The Balaban J connectivity index is 1.54. The fourth-order valence-electron chi connectivity index (χ4n) is 5.06. The minimum Gasteiger partial charge on any atom is -0.309 e. The highest BCUT2D eigenvalue weighted by atomic mass is 32.1. The van der Waals surface area contributed by atoms with Crippen molar-refractivity contribution in [3.8, 4) is 16.8 Å². The molecule has 0 bridgehead atoms. The molecule has 0 spiro atoms. The molecule has 2 heterocycles. The molecule has 0 saturated carbocycles. The molecule has 7 rings (SSSR count). The summed E-state index contributed by atoms with van der Waals surface area (Å²) in [6, 6.07) is 39.9. The van der Waals surface area contributed by atoms with Gasteiger partial charge >= 0.3 is 0 Å². The molecule has 0 aliphatic carbocycles. The second-order valence-electron chi connectivity index (χ2n) is 8.73. The van der Waals surface area contributed by atoms with Gasteiger partial charge in [-0.2, -0.15) is 0 Å². The third-order valence-electron chi connectivity index (χ3n) is 6.65. The van der Waals surface area contributed by atoms with Gasteiger partial charge in [0.05, 0.1) is 11.0 Å². The Morgan fingerprint density at radius 2 is 1.24 bits per heavy atom. The van der Waals surface area contributed by atoms with Crippen molar-refractivity contribution in [2.24, 2.45) is 0 Å². The van der Waals surface area contributed by atoms with E-state index in [0.717, 1.165) is 0 Å². The minimum atomic E-state index is 1.19. The zero-order chi connectivity index (χ0) is 21.9. The van der Waals surface area contributed by atoms with Gasteiger partial charge in [-0.3, -0.25) is 0 Å². The van der Waals surface area contributed by atoms with Crippen molar-refractivity contribution in [2.45, 2.75) is 6.92 Å². The lowest BCUT2D eigenvalue weighted by Crippen LogP contribution is -1.93. The molecule has 2 aromatic heterocycles. The van der Waals surface area contributed by atoms with Crippen molar-refractivity contribution >= 4 is 53.3 Å². The van der Waals surface area contributed by atoms with Gasteiger partial charge in [-0.1, -0.05) is 72.3 Å². The highest BCUT2D eigenvalue weighted by Gasteiger charge is 2.15. The maximum atomic E-state index is 2.42. The summed E-state index contributed by atoms with van der Waals surface area (Å²) in [5.41, 5.74) is 7.48. The van der Waals surface area contributed by atoms with E-state index in [2.05, 4.69) is 121 Å². The highest BCUT2D eigenvalue weighted by molar-refractivity contribution is 7.25. The van der Waals surface area contributed by atoms with Gasteiger partial charge < -0.3 is 4.57 Å². The van der Waals surface area contributed by atoms with Gasteiger partial charge in [0, 0.05) is 36.6 Å². The molecule has 0 radical (unpaired) electrons.